The van der Waals surface area contributed by atoms with Crippen LogP contribution in [0, 0.1) is 5.41 Å². The Bertz CT molecular complexity index is 692. The zero-order valence-corrected chi connectivity index (χ0v) is 17.0. The Morgan fingerprint density at radius 2 is 1.67 bits per heavy atom. The molecule has 1 aliphatic carbocycles. The second-order valence-electron chi connectivity index (χ2n) is 7.67. The number of ketones is 2. The minimum absolute atomic E-state index is 0.0193. The quantitative estimate of drug-likeness (QED) is 0.525. The molecule has 0 heterocycles. The maximum Gasteiger partial charge on any atom is 0.198 e. The summed E-state index contributed by atoms with van der Waals surface area (Å²) < 4.78 is 0.821. The molecule has 0 radical (unpaired) electrons. The Balaban J connectivity index is 2.65. The molecule has 1 atom stereocenters. The summed E-state index contributed by atoms with van der Waals surface area (Å²) in [6.07, 6.45) is 5.52. The van der Waals surface area contributed by atoms with E-state index in [9.17, 15) is 9.59 Å². The lowest BCUT2D eigenvalue weighted by Gasteiger charge is -2.37. The standard InChI is InChI=1S/C20H26O2S2/c1-19(2,3)11-12-20(4)14-10-8-7-9-13(14)16(21)15(17(20)22)18(23-5)24-6/h7-10H,11-12H2,1-6H3/t20-/m0/s1. The van der Waals surface area contributed by atoms with E-state index in [0.717, 1.165) is 22.6 Å². The first-order valence-corrected chi connectivity index (χ1v) is 10.6. The fourth-order valence-corrected chi connectivity index (χ4v) is 4.59. The SMILES string of the molecule is CSC(SC)=C1C(=O)c2ccccc2[C@](C)(CCC(C)(C)C)C1=O. The summed E-state index contributed by atoms with van der Waals surface area (Å²) in [4.78, 5) is 26.4. The summed E-state index contributed by atoms with van der Waals surface area (Å²) in [5.41, 5.74) is 1.46. The van der Waals surface area contributed by atoms with Gasteiger partial charge in [0.2, 0.25) is 0 Å². The highest BCUT2D eigenvalue weighted by Crippen LogP contribution is 2.45. The van der Waals surface area contributed by atoms with Crippen LogP contribution in [-0.4, -0.2) is 24.1 Å². The predicted molar refractivity (Wildman–Crippen MR) is 106 cm³/mol. The van der Waals surface area contributed by atoms with Gasteiger partial charge in [-0.05, 0) is 43.3 Å². The zero-order chi connectivity index (χ0) is 18.1. The molecule has 0 fully saturated rings. The highest BCUT2D eigenvalue weighted by Gasteiger charge is 2.46. The molecule has 0 bridgehead atoms. The normalized spacial score (nSPS) is 21.0. The van der Waals surface area contributed by atoms with Crippen molar-refractivity contribution >= 4 is 35.1 Å². The van der Waals surface area contributed by atoms with Crippen molar-refractivity contribution in [1.82, 2.24) is 0 Å². The largest absolute Gasteiger partial charge is 0.293 e. The molecule has 1 aliphatic rings. The number of benzene rings is 1. The van der Waals surface area contributed by atoms with Gasteiger partial charge in [0.1, 0.15) is 0 Å². The monoisotopic (exact) mass is 362 g/mol. The Morgan fingerprint density at radius 1 is 1.08 bits per heavy atom. The molecule has 24 heavy (non-hydrogen) atoms. The van der Waals surface area contributed by atoms with Gasteiger partial charge in [-0.1, -0.05) is 45.0 Å². The number of carbonyl (C=O) groups excluding carboxylic acids is 2. The average Bonchev–Trinajstić information content (AvgIpc) is 2.54. The first kappa shape index (κ1) is 19.3. The molecule has 4 heteroatoms. The molecule has 130 valence electrons. The zero-order valence-electron chi connectivity index (χ0n) is 15.4. The third-order valence-corrected chi connectivity index (χ3v) is 6.82. The summed E-state index contributed by atoms with van der Waals surface area (Å²) in [6, 6.07) is 7.61. The van der Waals surface area contributed by atoms with Crippen molar-refractivity contribution in [2.75, 3.05) is 12.5 Å². The van der Waals surface area contributed by atoms with Crippen LogP contribution in [0.2, 0.25) is 0 Å². The molecule has 1 aromatic carbocycles. The predicted octanol–water partition coefficient (Wildman–Crippen LogP) is 5.47. The lowest BCUT2D eigenvalue weighted by Crippen LogP contribution is -2.42. The number of fused-ring (bicyclic) bond motifs is 1. The molecule has 0 spiro atoms. The Morgan fingerprint density at radius 3 is 2.21 bits per heavy atom. The van der Waals surface area contributed by atoms with Crippen molar-refractivity contribution < 1.29 is 9.59 Å². The first-order chi connectivity index (χ1) is 11.2. The Hall–Kier alpha value is -1.00. The maximum atomic E-state index is 13.4. The molecule has 0 saturated heterocycles. The van der Waals surface area contributed by atoms with E-state index in [1.807, 2.05) is 43.7 Å². The van der Waals surface area contributed by atoms with E-state index >= 15 is 0 Å². The average molecular weight is 363 g/mol. The molecule has 0 aliphatic heterocycles. The molecule has 0 unspecified atom stereocenters. The van der Waals surface area contributed by atoms with Crippen molar-refractivity contribution in [2.45, 2.75) is 46.0 Å². The van der Waals surface area contributed by atoms with E-state index in [1.54, 1.807) is 0 Å². The molecule has 2 nitrogen and oxygen atoms in total. The summed E-state index contributed by atoms with van der Waals surface area (Å²) in [5, 5.41) is 0. The van der Waals surface area contributed by atoms with Gasteiger partial charge in [-0.3, -0.25) is 9.59 Å². The molecule has 0 saturated carbocycles. The molecular formula is C20H26O2S2. The fraction of sp³-hybridized carbons (Fsp3) is 0.500. The fourth-order valence-electron chi connectivity index (χ4n) is 3.14. The summed E-state index contributed by atoms with van der Waals surface area (Å²) in [7, 11) is 0. The van der Waals surface area contributed by atoms with Crippen LogP contribution in [0.5, 0.6) is 0 Å². The molecule has 2 rings (SSSR count). The van der Waals surface area contributed by atoms with E-state index in [4.69, 9.17) is 0 Å². The summed E-state index contributed by atoms with van der Waals surface area (Å²) in [5.74, 6) is -0.142. The van der Waals surface area contributed by atoms with Gasteiger partial charge in [0.05, 0.1) is 15.2 Å². The van der Waals surface area contributed by atoms with E-state index in [2.05, 4.69) is 20.8 Å². The van der Waals surface area contributed by atoms with Crippen molar-refractivity contribution in [1.29, 1.82) is 0 Å². The van der Waals surface area contributed by atoms with Crippen LogP contribution in [0.15, 0.2) is 34.1 Å². The highest BCUT2D eigenvalue weighted by atomic mass is 32.2. The number of allylic oxidation sites excluding steroid dienone is 1. The van der Waals surface area contributed by atoms with Crippen LogP contribution in [0.25, 0.3) is 0 Å². The van der Waals surface area contributed by atoms with E-state index in [0.29, 0.717) is 11.1 Å². The van der Waals surface area contributed by atoms with Crippen molar-refractivity contribution in [2.24, 2.45) is 5.41 Å². The van der Waals surface area contributed by atoms with Crippen molar-refractivity contribution in [3.05, 3.63) is 45.2 Å². The molecule has 0 aromatic heterocycles. The number of rotatable bonds is 4. The van der Waals surface area contributed by atoms with Crippen molar-refractivity contribution in [3.8, 4) is 0 Å². The van der Waals surface area contributed by atoms with Crippen molar-refractivity contribution in [3.63, 3.8) is 0 Å². The van der Waals surface area contributed by atoms with Gasteiger partial charge in [0, 0.05) is 5.56 Å². The second-order valence-corrected chi connectivity index (χ2v) is 9.56. The summed E-state index contributed by atoms with van der Waals surface area (Å²) >= 11 is 2.97. The van der Waals surface area contributed by atoms with Gasteiger partial charge in [-0.15, -0.1) is 23.5 Å². The van der Waals surface area contributed by atoms with Crippen LogP contribution >= 0.6 is 23.5 Å². The molecule has 0 amide bonds. The second kappa shape index (κ2) is 7.09. The van der Waals surface area contributed by atoms with E-state index in [-0.39, 0.29) is 17.0 Å². The van der Waals surface area contributed by atoms with Crippen LogP contribution in [0.4, 0.5) is 0 Å². The topological polar surface area (TPSA) is 34.1 Å². The van der Waals surface area contributed by atoms with Crippen LogP contribution in [0.1, 0.15) is 56.5 Å². The molecular weight excluding hydrogens is 336 g/mol. The Labute approximate surface area is 153 Å². The van der Waals surface area contributed by atoms with E-state index < -0.39 is 5.41 Å². The number of hydrogen-bond donors (Lipinski definition) is 0. The Kier molecular flexibility index (Phi) is 5.71. The number of Topliss-reactive ketones (excluding diaryl/α,β-unsaturated/α-hetero) is 2. The third-order valence-electron chi connectivity index (χ3n) is 4.67. The van der Waals surface area contributed by atoms with Gasteiger partial charge in [0.15, 0.2) is 11.6 Å². The van der Waals surface area contributed by atoms with Gasteiger partial charge in [-0.2, -0.15) is 0 Å². The van der Waals surface area contributed by atoms with Gasteiger partial charge >= 0.3 is 0 Å². The van der Waals surface area contributed by atoms with Gasteiger partial charge < -0.3 is 0 Å². The van der Waals surface area contributed by atoms with Crippen LogP contribution in [0.3, 0.4) is 0 Å². The minimum Gasteiger partial charge on any atom is -0.293 e. The highest BCUT2D eigenvalue weighted by molar-refractivity contribution is 8.21. The minimum atomic E-state index is -0.635. The molecule has 0 N–H and O–H groups in total. The number of thioether (sulfide) groups is 2. The maximum absolute atomic E-state index is 13.4. The lowest BCUT2D eigenvalue weighted by atomic mass is 9.64. The molecule has 1 aromatic rings. The van der Waals surface area contributed by atoms with E-state index in [1.165, 1.54) is 23.5 Å². The van der Waals surface area contributed by atoms with Gasteiger partial charge in [-0.25, -0.2) is 0 Å². The first-order valence-electron chi connectivity index (χ1n) is 8.17. The lowest BCUT2D eigenvalue weighted by molar-refractivity contribution is -0.120. The number of carbonyl (C=O) groups is 2. The third kappa shape index (κ3) is 3.50. The van der Waals surface area contributed by atoms with Crippen LogP contribution in [-0.2, 0) is 10.2 Å². The number of hydrogen-bond acceptors (Lipinski definition) is 4. The smallest absolute Gasteiger partial charge is 0.198 e. The van der Waals surface area contributed by atoms with Gasteiger partial charge in [0.25, 0.3) is 0 Å². The van der Waals surface area contributed by atoms with Crippen LogP contribution < -0.4 is 0 Å². The summed E-state index contributed by atoms with van der Waals surface area (Å²) in [6.45, 7) is 8.57.